The van der Waals surface area contributed by atoms with Gasteiger partial charge in [-0.2, -0.15) is 0 Å². The number of ether oxygens (including phenoxy) is 2. The van der Waals surface area contributed by atoms with E-state index in [0.29, 0.717) is 26.1 Å². The van der Waals surface area contributed by atoms with Crippen molar-refractivity contribution in [1.29, 1.82) is 0 Å². The van der Waals surface area contributed by atoms with Crippen LogP contribution >= 0.6 is 0 Å². The van der Waals surface area contributed by atoms with Gasteiger partial charge in [-0.15, -0.1) is 0 Å². The first-order valence-electron chi connectivity index (χ1n) is 8.37. The fourth-order valence-corrected chi connectivity index (χ4v) is 3.70. The summed E-state index contributed by atoms with van der Waals surface area (Å²) in [7, 11) is 0. The zero-order valence-corrected chi connectivity index (χ0v) is 13.4. The molecule has 4 rings (SSSR count). The maximum atomic E-state index is 12.3. The molecule has 3 aliphatic heterocycles. The quantitative estimate of drug-likeness (QED) is 0.834. The van der Waals surface area contributed by atoms with Crippen molar-refractivity contribution in [2.45, 2.75) is 37.9 Å². The van der Waals surface area contributed by atoms with Crippen LogP contribution in [-0.2, 0) is 16.1 Å². The molecule has 2 saturated heterocycles. The molecule has 3 heterocycles. The average Bonchev–Trinajstić information content (AvgIpc) is 3.13. The molecule has 0 aromatic heterocycles. The SMILES string of the molecule is O=C1CC2CCC(CN1)N2CC(=O)NCc1ccc2c(c1)OCO2. The van der Waals surface area contributed by atoms with Crippen LogP contribution in [0.3, 0.4) is 0 Å². The molecule has 2 amide bonds. The van der Waals surface area contributed by atoms with Crippen molar-refractivity contribution in [3.05, 3.63) is 23.8 Å². The molecule has 2 atom stereocenters. The molecule has 7 heteroatoms. The van der Waals surface area contributed by atoms with E-state index in [1.54, 1.807) is 0 Å². The Kier molecular flexibility index (Phi) is 4.02. The molecule has 0 saturated carbocycles. The van der Waals surface area contributed by atoms with Crippen LogP contribution in [0, 0.1) is 0 Å². The van der Waals surface area contributed by atoms with Gasteiger partial charge in [0.2, 0.25) is 18.6 Å². The Bertz CT molecular complexity index is 663. The molecule has 3 aliphatic rings. The third-order valence-electron chi connectivity index (χ3n) is 4.98. The van der Waals surface area contributed by atoms with Crippen LogP contribution in [0.4, 0.5) is 0 Å². The maximum Gasteiger partial charge on any atom is 0.234 e. The Morgan fingerprint density at radius 3 is 3.00 bits per heavy atom. The van der Waals surface area contributed by atoms with Gasteiger partial charge in [-0.1, -0.05) is 6.07 Å². The number of carbonyl (C=O) groups is 2. The van der Waals surface area contributed by atoms with Crippen LogP contribution < -0.4 is 20.1 Å². The largest absolute Gasteiger partial charge is 0.454 e. The van der Waals surface area contributed by atoms with E-state index in [1.807, 2.05) is 18.2 Å². The maximum absolute atomic E-state index is 12.3. The Morgan fingerprint density at radius 1 is 1.25 bits per heavy atom. The number of rotatable bonds is 4. The van der Waals surface area contributed by atoms with E-state index >= 15 is 0 Å². The Morgan fingerprint density at radius 2 is 2.08 bits per heavy atom. The highest BCUT2D eigenvalue weighted by atomic mass is 16.7. The predicted octanol–water partition coefficient (Wildman–Crippen LogP) is 0.384. The van der Waals surface area contributed by atoms with Crippen LogP contribution in [0.1, 0.15) is 24.8 Å². The Balaban J connectivity index is 1.33. The monoisotopic (exact) mass is 331 g/mol. The molecular formula is C17H21N3O4. The van der Waals surface area contributed by atoms with Crippen LogP contribution in [0.25, 0.3) is 0 Å². The smallest absolute Gasteiger partial charge is 0.234 e. The van der Waals surface area contributed by atoms with Gasteiger partial charge < -0.3 is 20.1 Å². The topological polar surface area (TPSA) is 79.9 Å². The van der Waals surface area contributed by atoms with Gasteiger partial charge in [0.05, 0.1) is 6.54 Å². The average molecular weight is 331 g/mol. The van der Waals surface area contributed by atoms with Gasteiger partial charge in [0, 0.05) is 31.6 Å². The van der Waals surface area contributed by atoms with Gasteiger partial charge in [0.25, 0.3) is 0 Å². The number of amides is 2. The molecule has 7 nitrogen and oxygen atoms in total. The summed E-state index contributed by atoms with van der Waals surface area (Å²) < 4.78 is 10.6. The summed E-state index contributed by atoms with van der Waals surface area (Å²) in [6.07, 6.45) is 2.53. The van der Waals surface area contributed by atoms with Crippen molar-refractivity contribution in [3.8, 4) is 11.5 Å². The van der Waals surface area contributed by atoms with Gasteiger partial charge in [0.1, 0.15) is 0 Å². The molecule has 1 aromatic carbocycles. The molecule has 2 unspecified atom stereocenters. The summed E-state index contributed by atoms with van der Waals surface area (Å²) in [6.45, 7) is 1.69. The molecule has 2 fully saturated rings. The van der Waals surface area contributed by atoms with E-state index in [9.17, 15) is 9.59 Å². The summed E-state index contributed by atoms with van der Waals surface area (Å²) in [5.41, 5.74) is 0.975. The number of fused-ring (bicyclic) bond motifs is 3. The number of nitrogens with zero attached hydrogens (tertiary/aromatic N) is 1. The minimum Gasteiger partial charge on any atom is -0.454 e. The lowest BCUT2D eigenvalue weighted by Gasteiger charge is -2.26. The lowest BCUT2D eigenvalue weighted by Crippen LogP contribution is -2.44. The minimum absolute atomic E-state index is 0.0149. The van der Waals surface area contributed by atoms with Crippen LogP contribution in [-0.4, -0.2) is 48.7 Å². The third-order valence-corrected chi connectivity index (χ3v) is 4.98. The molecule has 2 N–H and O–H groups in total. The van der Waals surface area contributed by atoms with E-state index in [4.69, 9.17) is 9.47 Å². The van der Waals surface area contributed by atoms with Gasteiger partial charge >= 0.3 is 0 Å². The number of benzene rings is 1. The number of hydrogen-bond donors (Lipinski definition) is 2. The molecule has 0 aliphatic carbocycles. The van der Waals surface area contributed by atoms with E-state index in [0.717, 1.165) is 29.9 Å². The highest BCUT2D eigenvalue weighted by Gasteiger charge is 2.38. The first-order valence-corrected chi connectivity index (χ1v) is 8.37. The lowest BCUT2D eigenvalue weighted by molar-refractivity contribution is -0.124. The van der Waals surface area contributed by atoms with E-state index < -0.39 is 0 Å². The first kappa shape index (κ1) is 15.3. The van der Waals surface area contributed by atoms with Crippen LogP contribution in [0.5, 0.6) is 11.5 Å². The molecule has 1 aromatic rings. The summed E-state index contributed by atoms with van der Waals surface area (Å²) in [6, 6.07) is 6.13. The van der Waals surface area contributed by atoms with Crippen molar-refractivity contribution < 1.29 is 19.1 Å². The summed E-state index contributed by atoms with van der Waals surface area (Å²) in [5, 5.41) is 5.88. The van der Waals surface area contributed by atoms with E-state index in [-0.39, 0.29) is 30.7 Å². The van der Waals surface area contributed by atoms with Gasteiger partial charge in [-0.25, -0.2) is 0 Å². The standard InChI is InChI=1S/C17H21N3O4/c21-16-6-12-2-3-13(8-19-16)20(12)9-17(22)18-7-11-1-4-14-15(5-11)24-10-23-14/h1,4-5,12-13H,2-3,6-10H2,(H,18,22)(H,19,21). The predicted molar refractivity (Wildman–Crippen MR) is 85.6 cm³/mol. The molecular weight excluding hydrogens is 310 g/mol. The third kappa shape index (κ3) is 3.03. The first-order chi connectivity index (χ1) is 11.7. The van der Waals surface area contributed by atoms with Crippen LogP contribution in [0.2, 0.25) is 0 Å². The van der Waals surface area contributed by atoms with Gasteiger partial charge in [-0.3, -0.25) is 14.5 Å². The van der Waals surface area contributed by atoms with Crippen molar-refractivity contribution in [2.75, 3.05) is 19.9 Å². The number of hydrogen-bond acceptors (Lipinski definition) is 5. The van der Waals surface area contributed by atoms with Crippen molar-refractivity contribution in [3.63, 3.8) is 0 Å². The van der Waals surface area contributed by atoms with Gasteiger partial charge in [0.15, 0.2) is 11.5 Å². The Labute approximate surface area is 140 Å². The molecule has 0 spiro atoms. The molecule has 24 heavy (non-hydrogen) atoms. The van der Waals surface area contributed by atoms with Crippen molar-refractivity contribution >= 4 is 11.8 Å². The zero-order valence-electron chi connectivity index (χ0n) is 13.4. The van der Waals surface area contributed by atoms with Gasteiger partial charge in [-0.05, 0) is 30.5 Å². The highest BCUT2D eigenvalue weighted by Crippen LogP contribution is 2.32. The summed E-state index contributed by atoms with van der Waals surface area (Å²) in [5.74, 6) is 1.53. The highest BCUT2D eigenvalue weighted by molar-refractivity contribution is 5.79. The van der Waals surface area contributed by atoms with E-state index in [2.05, 4.69) is 15.5 Å². The Hall–Kier alpha value is -2.28. The number of carbonyl (C=O) groups excluding carboxylic acids is 2. The summed E-state index contributed by atoms with van der Waals surface area (Å²) >= 11 is 0. The van der Waals surface area contributed by atoms with Crippen LogP contribution in [0.15, 0.2) is 18.2 Å². The molecule has 128 valence electrons. The summed E-state index contributed by atoms with van der Waals surface area (Å²) in [4.78, 5) is 26.1. The number of nitrogens with one attached hydrogen (secondary N) is 2. The minimum atomic E-state index is -0.0149. The molecule has 0 radical (unpaired) electrons. The normalized spacial score (nSPS) is 25.2. The van der Waals surface area contributed by atoms with E-state index in [1.165, 1.54) is 0 Å². The second kappa shape index (κ2) is 6.32. The second-order valence-corrected chi connectivity index (χ2v) is 6.53. The van der Waals surface area contributed by atoms with Crippen molar-refractivity contribution in [2.24, 2.45) is 0 Å². The lowest BCUT2D eigenvalue weighted by atomic mass is 10.1. The fourth-order valence-electron chi connectivity index (χ4n) is 3.70. The van der Waals surface area contributed by atoms with Crippen molar-refractivity contribution in [1.82, 2.24) is 15.5 Å². The molecule has 2 bridgehead atoms. The zero-order chi connectivity index (χ0) is 16.5. The second-order valence-electron chi connectivity index (χ2n) is 6.53. The fraction of sp³-hybridized carbons (Fsp3) is 0.529.